The average Bonchev–Trinajstić information content (AvgIpc) is 3.26. The molecule has 0 bridgehead atoms. The number of nitrogens with one attached hydrogen (secondary N) is 3. The Morgan fingerprint density at radius 3 is 2.67 bits per heavy atom. The van der Waals surface area contributed by atoms with Gasteiger partial charge in [0.2, 0.25) is 11.8 Å². The third kappa shape index (κ3) is 2.87. The fourth-order valence-corrected chi connectivity index (χ4v) is 4.38. The Kier molecular flexibility index (Phi) is 3.71. The molecule has 0 radical (unpaired) electrons. The lowest BCUT2D eigenvalue weighted by Gasteiger charge is -2.23. The first-order valence-corrected chi connectivity index (χ1v) is 9.67. The molecule has 5 nitrogen and oxygen atoms in total. The minimum Gasteiger partial charge on any atom is -0.373 e. The van der Waals surface area contributed by atoms with Crippen molar-refractivity contribution in [2.45, 2.75) is 44.7 Å². The monoisotopic (exact) mass is 361 g/mol. The van der Waals surface area contributed by atoms with E-state index in [4.69, 9.17) is 0 Å². The molecule has 138 valence electrons. The van der Waals surface area contributed by atoms with Gasteiger partial charge < -0.3 is 16.0 Å². The van der Waals surface area contributed by atoms with E-state index in [1.165, 1.54) is 11.1 Å². The highest BCUT2D eigenvalue weighted by Gasteiger charge is 2.38. The number of hydrogen-bond acceptors (Lipinski definition) is 3. The highest BCUT2D eigenvalue weighted by atomic mass is 16.2. The summed E-state index contributed by atoms with van der Waals surface area (Å²) in [5.74, 6) is 0.509. The van der Waals surface area contributed by atoms with E-state index in [1.54, 1.807) is 0 Å². The molecule has 2 heterocycles. The van der Waals surface area contributed by atoms with Crippen LogP contribution in [0.15, 0.2) is 36.4 Å². The predicted octanol–water partition coefficient (Wildman–Crippen LogP) is 3.09. The Morgan fingerprint density at radius 1 is 1.11 bits per heavy atom. The Bertz CT molecular complexity index is 949. The summed E-state index contributed by atoms with van der Waals surface area (Å²) in [5.41, 5.74) is 6.43. The van der Waals surface area contributed by atoms with E-state index in [2.05, 4.69) is 35.0 Å². The fraction of sp³-hybridized carbons (Fsp3) is 0.364. The Morgan fingerprint density at radius 2 is 1.89 bits per heavy atom. The van der Waals surface area contributed by atoms with Crippen LogP contribution in [0.2, 0.25) is 0 Å². The predicted molar refractivity (Wildman–Crippen MR) is 105 cm³/mol. The van der Waals surface area contributed by atoms with Gasteiger partial charge in [-0.05, 0) is 47.9 Å². The number of rotatable bonds is 4. The van der Waals surface area contributed by atoms with E-state index in [-0.39, 0.29) is 23.9 Å². The van der Waals surface area contributed by atoms with Gasteiger partial charge in [0.05, 0.1) is 12.5 Å². The quantitative estimate of drug-likeness (QED) is 0.784. The van der Waals surface area contributed by atoms with E-state index in [1.807, 2.05) is 24.3 Å². The molecule has 0 aromatic heterocycles. The van der Waals surface area contributed by atoms with Crippen LogP contribution in [0, 0.1) is 12.8 Å². The zero-order valence-electron chi connectivity index (χ0n) is 15.3. The standard InChI is InChI=1S/C22H23N3O2/c1-12-4-2-5-14-10-17(23-19(12)14)22(27)25-20(13-8-9-13)16-7-3-6-15-11-18(26)24-21(15)16/h2-7,13,17,20,23H,8-11H2,1H3,(H,24,26)(H,25,27). The number of carbonyl (C=O) groups is 2. The van der Waals surface area contributed by atoms with Crippen molar-refractivity contribution in [3.05, 3.63) is 58.7 Å². The normalized spacial score (nSPS) is 21.1. The molecule has 1 aliphatic carbocycles. The number of para-hydroxylation sites is 2. The van der Waals surface area contributed by atoms with E-state index in [0.717, 1.165) is 35.3 Å². The van der Waals surface area contributed by atoms with Gasteiger partial charge in [-0.15, -0.1) is 0 Å². The van der Waals surface area contributed by atoms with Crippen molar-refractivity contribution in [3.8, 4) is 0 Å². The lowest BCUT2D eigenvalue weighted by molar-refractivity contribution is -0.122. The first kappa shape index (κ1) is 16.4. The van der Waals surface area contributed by atoms with Crippen molar-refractivity contribution in [2.75, 3.05) is 10.6 Å². The number of fused-ring (bicyclic) bond motifs is 2. The summed E-state index contributed by atoms with van der Waals surface area (Å²) in [6.07, 6.45) is 3.36. The van der Waals surface area contributed by atoms with Crippen molar-refractivity contribution in [2.24, 2.45) is 5.92 Å². The maximum absolute atomic E-state index is 13.0. The molecule has 2 aromatic carbocycles. The van der Waals surface area contributed by atoms with Crippen LogP contribution in [-0.4, -0.2) is 17.9 Å². The van der Waals surface area contributed by atoms with Crippen LogP contribution in [0.4, 0.5) is 11.4 Å². The Labute approximate surface area is 158 Å². The minimum atomic E-state index is -0.242. The van der Waals surface area contributed by atoms with Gasteiger partial charge in [-0.25, -0.2) is 0 Å². The van der Waals surface area contributed by atoms with Gasteiger partial charge in [0.25, 0.3) is 0 Å². The van der Waals surface area contributed by atoms with Crippen molar-refractivity contribution >= 4 is 23.2 Å². The maximum Gasteiger partial charge on any atom is 0.243 e. The summed E-state index contributed by atoms with van der Waals surface area (Å²) in [6, 6.07) is 11.9. The SMILES string of the molecule is Cc1cccc2c1NC(C(=O)NC(c1cccc3c1NC(=O)C3)C1CC1)C2. The molecule has 3 aliphatic rings. The third-order valence-electron chi connectivity index (χ3n) is 5.94. The molecule has 5 rings (SSSR count). The van der Waals surface area contributed by atoms with Gasteiger partial charge in [0.1, 0.15) is 6.04 Å². The van der Waals surface area contributed by atoms with Crippen molar-refractivity contribution in [3.63, 3.8) is 0 Å². The van der Waals surface area contributed by atoms with Crippen molar-refractivity contribution < 1.29 is 9.59 Å². The number of carbonyl (C=O) groups excluding carboxylic acids is 2. The van der Waals surface area contributed by atoms with Crippen LogP contribution >= 0.6 is 0 Å². The fourth-order valence-electron chi connectivity index (χ4n) is 4.38. The number of anilines is 2. The molecule has 2 unspecified atom stereocenters. The van der Waals surface area contributed by atoms with Gasteiger partial charge in [-0.2, -0.15) is 0 Å². The van der Waals surface area contributed by atoms with E-state index in [9.17, 15) is 9.59 Å². The summed E-state index contributed by atoms with van der Waals surface area (Å²) < 4.78 is 0. The van der Waals surface area contributed by atoms with E-state index < -0.39 is 0 Å². The molecule has 2 aliphatic heterocycles. The van der Waals surface area contributed by atoms with Gasteiger partial charge in [-0.3, -0.25) is 9.59 Å². The lowest BCUT2D eigenvalue weighted by atomic mass is 9.97. The molecular formula is C22H23N3O2. The Balaban J connectivity index is 1.38. The van der Waals surface area contributed by atoms with Crippen LogP contribution in [0.5, 0.6) is 0 Å². The number of hydrogen-bond donors (Lipinski definition) is 3. The second-order valence-electron chi connectivity index (χ2n) is 7.94. The molecule has 1 saturated carbocycles. The van der Waals surface area contributed by atoms with Crippen LogP contribution in [-0.2, 0) is 22.4 Å². The first-order chi connectivity index (χ1) is 13.1. The molecular weight excluding hydrogens is 338 g/mol. The molecule has 5 heteroatoms. The second kappa shape index (κ2) is 6.12. The zero-order chi connectivity index (χ0) is 18.5. The number of aryl methyl sites for hydroxylation is 1. The van der Waals surface area contributed by atoms with Gasteiger partial charge >= 0.3 is 0 Å². The molecule has 2 amide bonds. The van der Waals surface area contributed by atoms with Gasteiger partial charge in [0, 0.05) is 17.8 Å². The van der Waals surface area contributed by atoms with Crippen molar-refractivity contribution in [1.82, 2.24) is 5.32 Å². The molecule has 0 spiro atoms. The van der Waals surface area contributed by atoms with Crippen LogP contribution in [0.25, 0.3) is 0 Å². The van der Waals surface area contributed by atoms with E-state index >= 15 is 0 Å². The molecule has 2 aromatic rings. The largest absolute Gasteiger partial charge is 0.373 e. The summed E-state index contributed by atoms with van der Waals surface area (Å²) in [5, 5.41) is 9.67. The first-order valence-electron chi connectivity index (χ1n) is 9.67. The highest BCUT2D eigenvalue weighted by molar-refractivity contribution is 6.00. The van der Waals surface area contributed by atoms with Crippen molar-refractivity contribution in [1.29, 1.82) is 0 Å². The summed E-state index contributed by atoms with van der Waals surface area (Å²) >= 11 is 0. The summed E-state index contributed by atoms with van der Waals surface area (Å²) in [7, 11) is 0. The lowest BCUT2D eigenvalue weighted by Crippen LogP contribution is -2.41. The molecule has 0 saturated heterocycles. The number of amides is 2. The van der Waals surface area contributed by atoms with Gasteiger partial charge in [-0.1, -0.05) is 36.4 Å². The van der Waals surface area contributed by atoms with Crippen LogP contribution in [0.1, 0.15) is 41.1 Å². The average molecular weight is 361 g/mol. The third-order valence-corrected chi connectivity index (χ3v) is 5.94. The highest BCUT2D eigenvalue weighted by Crippen LogP contribution is 2.45. The maximum atomic E-state index is 13.0. The smallest absolute Gasteiger partial charge is 0.243 e. The second-order valence-corrected chi connectivity index (χ2v) is 7.94. The van der Waals surface area contributed by atoms with Crippen LogP contribution in [0.3, 0.4) is 0 Å². The summed E-state index contributed by atoms with van der Waals surface area (Å²) in [6.45, 7) is 2.06. The molecule has 3 N–H and O–H groups in total. The topological polar surface area (TPSA) is 70.2 Å². The minimum absolute atomic E-state index is 0.0294. The molecule has 2 atom stereocenters. The molecule has 27 heavy (non-hydrogen) atoms. The number of benzene rings is 2. The van der Waals surface area contributed by atoms with Crippen LogP contribution < -0.4 is 16.0 Å². The Hall–Kier alpha value is -2.82. The summed E-state index contributed by atoms with van der Waals surface area (Å²) in [4.78, 5) is 24.9. The van der Waals surface area contributed by atoms with Gasteiger partial charge in [0.15, 0.2) is 0 Å². The molecule has 1 fully saturated rings. The zero-order valence-corrected chi connectivity index (χ0v) is 15.3. The van der Waals surface area contributed by atoms with E-state index in [0.29, 0.717) is 18.8 Å².